The average Bonchev–Trinajstić information content (AvgIpc) is 2.96. The van der Waals surface area contributed by atoms with Gasteiger partial charge in [-0.3, -0.25) is 0 Å². The normalized spacial score (nSPS) is 16.0. The number of hydrogen-bond acceptors (Lipinski definition) is 3. The van der Waals surface area contributed by atoms with Crippen LogP contribution in [0.3, 0.4) is 0 Å². The van der Waals surface area contributed by atoms with E-state index in [0.717, 1.165) is 13.1 Å². The van der Waals surface area contributed by atoms with E-state index in [4.69, 9.17) is 0 Å². The summed E-state index contributed by atoms with van der Waals surface area (Å²) in [6.07, 6.45) is 8.98. The lowest BCUT2D eigenvalue weighted by Gasteiger charge is -2.13. The van der Waals surface area contributed by atoms with Gasteiger partial charge < -0.3 is 15.2 Å². The summed E-state index contributed by atoms with van der Waals surface area (Å²) in [4.78, 5) is 9.66. The molecule has 1 fully saturated rings. The number of nitrogens with zero attached hydrogens (tertiary/aromatic N) is 2. The van der Waals surface area contributed by atoms with E-state index in [9.17, 15) is 0 Å². The Morgan fingerprint density at radius 3 is 2.82 bits per heavy atom. The van der Waals surface area contributed by atoms with Crippen LogP contribution in [-0.4, -0.2) is 41.0 Å². The van der Waals surface area contributed by atoms with Crippen LogP contribution in [0.1, 0.15) is 31.4 Å². The molecule has 0 bridgehead atoms. The fourth-order valence-electron chi connectivity index (χ4n) is 2.20. The smallest absolute Gasteiger partial charge is 0.0922 e. The van der Waals surface area contributed by atoms with Crippen LogP contribution in [0.5, 0.6) is 0 Å². The molecule has 0 atom stereocenters. The minimum atomic E-state index is 0. The second-order valence-corrected chi connectivity index (χ2v) is 4.51. The molecule has 2 heterocycles. The van der Waals surface area contributed by atoms with Crippen molar-refractivity contribution in [2.75, 3.05) is 26.2 Å². The summed E-state index contributed by atoms with van der Waals surface area (Å²) in [6, 6.07) is 0. The number of imidazole rings is 1. The largest absolute Gasteiger partial charge is 0.347 e. The van der Waals surface area contributed by atoms with Crippen LogP contribution in [0.4, 0.5) is 0 Å². The molecule has 1 aliphatic heterocycles. The first-order valence-electron chi connectivity index (χ1n) is 6.35. The van der Waals surface area contributed by atoms with E-state index in [-0.39, 0.29) is 12.4 Å². The van der Waals surface area contributed by atoms with E-state index in [1.54, 1.807) is 6.33 Å². The zero-order chi connectivity index (χ0) is 11.1. The molecular formula is C12H23ClN4. The molecule has 1 aromatic heterocycles. The number of halogens is 1. The highest BCUT2D eigenvalue weighted by Gasteiger charge is 2.09. The molecule has 0 unspecified atom stereocenters. The van der Waals surface area contributed by atoms with Gasteiger partial charge in [0.2, 0.25) is 0 Å². The molecule has 0 aromatic carbocycles. The van der Waals surface area contributed by atoms with E-state index in [0.29, 0.717) is 0 Å². The molecule has 5 heteroatoms. The summed E-state index contributed by atoms with van der Waals surface area (Å²) in [6.45, 7) is 5.94. The fraction of sp³-hybridized carbons (Fsp3) is 0.750. The average molecular weight is 259 g/mol. The summed E-state index contributed by atoms with van der Waals surface area (Å²) in [5.74, 6) is 0. The van der Waals surface area contributed by atoms with Crippen LogP contribution in [0.25, 0.3) is 0 Å². The molecule has 0 spiro atoms. The van der Waals surface area contributed by atoms with Crippen LogP contribution in [0, 0.1) is 0 Å². The SMILES string of the molecule is Cl.c1ncc(CNCCCCN2CCCC2)[nH]1. The van der Waals surface area contributed by atoms with Gasteiger partial charge in [-0.1, -0.05) is 0 Å². The lowest BCUT2D eigenvalue weighted by Crippen LogP contribution is -2.22. The molecule has 2 rings (SSSR count). The molecule has 0 aliphatic carbocycles. The molecule has 0 radical (unpaired) electrons. The third kappa shape index (κ3) is 5.52. The minimum Gasteiger partial charge on any atom is -0.347 e. The Labute approximate surface area is 110 Å². The van der Waals surface area contributed by atoms with Crippen molar-refractivity contribution in [3.63, 3.8) is 0 Å². The van der Waals surface area contributed by atoms with Gasteiger partial charge in [-0.05, 0) is 51.9 Å². The summed E-state index contributed by atoms with van der Waals surface area (Å²) in [5.41, 5.74) is 1.17. The van der Waals surface area contributed by atoms with Crippen molar-refractivity contribution in [1.29, 1.82) is 0 Å². The van der Waals surface area contributed by atoms with Crippen molar-refractivity contribution in [3.05, 3.63) is 18.2 Å². The lowest BCUT2D eigenvalue weighted by atomic mass is 10.3. The standard InChI is InChI=1S/C12H22N4.ClH/c1(2-6-16-7-3-4-8-16)5-13-9-12-10-14-11-15-12;/h10-11,13H,1-9H2,(H,14,15);1H. The van der Waals surface area contributed by atoms with Gasteiger partial charge in [0.15, 0.2) is 0 Å². The monoisotopic (exact) mass is 258 g/mol. The second-order valence-electron chi connectivity index (χ2n) is 4.51. The number of likely N-dealkylation sites (tertiary alicyclic amines) is 1. The Bertz CT molecular complexity index is 270. The Morgan fingerprint density at radius 1 is 1.29 bits per heavy atom. The molecule has 1 saturated heterocycles. The highest BCUT2D eigenvalue weighted by atomic mass is 35.5. The van der Waals surface area contributed by atoms with Crippen molar-refractivity contribution in [1.82, 2.24) is 20.2 Å². The number of rotatable bonds is 7. The third-order valence-corrected chi connectivity index (χ3v) is 3.15. The predicted molar refractivity (Wildman–Crippen MR) is 72.5 cm³/mol. The first-order chi connectivity index (χ1) is 7.95. The van der Waals surface area contributed by atoms with E-state index in [1.807, 2.05) is 6.20 Å². The van der Waals surface area contributed by atoms with Crippen LogP contribution >= 0.6 is 12.4 Å². The highest BCUT2D eigenvalue weighted by molar-refractivity contribution is 5.85. The zero-order valence-corrected chi connectivity index (χ0v) is 11.1. The quantitative estimate of drug-likeness (QED) is 0.733. The maximum atomic E-state index is 3.99. The maximum absolute atomic E-state index is 3.99. The number of H-pyrrole nitrogens is 1. The second kappa shape index (κ2) is 8.50. The fourth-order valence-corrected chi connectivity index (χ4v) is 2.20. The van der Waals surface area contributed by atoms with Crippen LogP contribution in [0.15, 0.2) is 12.5 Å². The van der Waals surface area contributed by atoms with E-state index in [2.05, 4.69) is 20.2 Å². The van der Waals surface area contributed by atoms with Crippen LogP contribution < -0.4 is 5.32 Å². The van der Waals surface area contributed by atoms with Gasteiger partial charge in [-0.2, -0.15) is 0 Å². The van der Waals surface area contributed by atoms with Crippen molar-refractivity contribution in [2.45, 2.75) is 32.2 Å². The van der Waals surface area contributed by atoms with Gasteiger partial charge >= 0.3 is 0 Å². The molecule has 1 aromatic rings. The first kappa shape index (κ1) is 14.5. The van der Waals surface area contributed by atoms with Gasteiger partial charge in [0.05, 0.1) is 6.33 Å². The number of nitrogens with one attached hydrogen (secondary N) is 2. The zero-order valence-electron chi connectivity index (χ0n) is 10.3. The van der Waals surface area contributed by atoms with E-state index >= 15 is 0 Å². The van der Waals surface area contributed by atoms with Crippen molar-refractivity contribution in [2.24, 2.45) is 0 Å². The van der Waals surface area contributed by atoms with Crippen molar-refractivity contribution in [3.8, 4) is 0 Å². The first-order valence-corrected chi connectivity index (χ1v) is 6.35. The molecule has 0 saturated carbocycles. The Morgan fingerprint density at radius 2 is 2.12 bits per heavy atom. The van der Waals surface area contributed by atoms with Gasteiger partial charge in [-0.25, -0.2) is 4.98 Å². The summed E-state index contributed by atoms with van der Waals surface area (Å²) in [5, 5.41) is 3.42. The summed E-state index contributed by atoms with van der Waals surface area (Å²) < 4.78 is 0. The van der Waals surface area contributed by atoms with Gasteiger partial charge in [0, 0.05) is 18.4 Å². The van der Waals surface area contributed by atoms with Gasteiger partial charge in [0.1, 0.15) is 0 Å². The molecule has 2 N–H and O–H groups in total. The van der Waals surface area contributed by atoms with Crippen molar-refractivity contribution < 1.29 is 0 Å². The van der Waals surface area contributed by atoms with Gasteiger partial charge in [-0.15, -0.1) is 12.4 Å². The molecular weight excluding hydrogens is 236 g/mol. The van der Waals surface area contributed by atoms with Crippen LogP contribution in [0.2, 0.25) is 0 Å². The highest BCUT2D eigenvalue weighted by Crippen LogP contribution is 2.07. The minimum absolute atomic E-state index is 0. The number of hydrogen-bond donors (Lipinski definition) is 2. The third-order valence-electron chi connectivity index (χ3n) is 3.15. The van der Waals surface area contributed by atoms with Crippen molar-refractivity contribution >= 4 is 12.4 Å². The molecule has 98 valence electrons. The molecule has 0 amide bonds. The van der Waals surface area contributed by atoms with E-state index < -0.39 is 0 Å². The van der Waals surface area contributed by atoms with Gasteiger partial charge in [0.25, 0.3) is 0 Å². The molecule has 4 nitrogen and oxygen atoms in total. The summed E-state index contributed by atoms with van der Waals surface area (Å²) >= 11 is 0. The molecule has 1 aliphatic rings. The van der Waals surface area contributed by atoms with E-state index in [1.165, 1.54) is 51.0 Å². The maximum Gasteiger partial charge on any atom is 0.0922 e. The lowest BCUT2D eigenvalue weighted by molar-refractivity contribution is 0.329. The molecule has 17 heavy (non-hydrogen) atoms. The summed E-state index contributed by atoms with van der Waals surface area (Å²) in [7, 11) is 0. The number of aromatic amines is 1. The number of aromatic nitrogens is 2. The predicted octanol–water partition coefficient (Wildman–Crippen LogP) is 1.80. The Hall–Kier alpha value is -0.580. The number of unbranched alkanes of at least 4 members (excludes halogenated alkanes) is 1. The Kier molecular flexibility index (Phi) is 7.24. The topological polar surface area (TPSA) is 44.0 Å². The van der Waals surface area contributed by atoms with Crippen LogP contribution in [-0.2, 0) is 6.54 Å². The Balaban J connectivity index is 0.00000144.